The molecule has 0 atom stereocenters. The van der Waals surface area contributed by atoms with Gasteiger partial charge in [-0.05, 0) is 54.6 Å². The highest BCUT2D eigenvalue weighted by Crippen LogP contribution is 2.22. The van der Waals surface area contributed by atoms with Gasteiger partial charge in [0.25, 0.3) is 0 Å². The van der Waals surface area contributed by atoms with E-state index < -0.39 is 0 Å². The third-order valence-electron chi connectivity index (χ3n) is 6.61. The first kappa shape index (κ1) is 26.5. The van der Waals surface area contributed by atoms with Gasteiger partial charge in [0.15, 0.2) is 5.96 Å². The van der Waals surface area contributed by atoms with E-state index in [0.717, 1.165) is 45.1 Å². The highest BCUT2D eigenvalue weighted by atomic mass is 127. The van der Waals surface area contributed by atoms with Crippen molar-refractivity contribution in [2.75, 3.05) is 26.7 Å². The van der Waals surface area contributed by atoms with Crippen molar-refractivity contribution in [3.63, 3.8) is 0 Å². The Bertz CT molecular complexity index is 915. The smallest absolute Gasteiger partial charge is 0.223 e. The number of hydrogen-bond donors (Lipinski definition) is 2. The second-order valence-electron chi connectivity index (χ2n) is 9.13. The van der Waals surface area contributed by atoms with E-state index in [-0.39, 0.29) is 29.9 Å². The second kappa shape index (κ2) is 13.7. The van der Waals surface area contributed by atoms with Crippen LogP contribution >= 0.6 is 24.0 Å². The van der Waals surface area contributed by atoms with Gasteiger partial charge in [-0.1, -0.05) is 55.0 Å². The van der Waals surface area contributed by atoms with Crippen LogP contribution in [0.4, 0.5) is 0 Å². The number of piperidine rings is 1. The van der Waals surface area contributed by atoms with Crippen LogP contribution in [0.25, 0.3) is 0 Å². The van der Waals surface area contributed by atoms with E-state index >= 15 is 0 Å². The molecule has 1 fully saturated rings. The number of amides is 1. The van der Waals surface area contributed by atoms with Gasteiger partial charge in [0.05, 0.1) is 0 Å². The van der Waals surface area contributed by atoms with Crippen molar-refractivity contribution in [1.29, 1.82) is 0 Å². The quantitative estimate of drug-likeness (QED) is 0.214. The summed E-state index contributed by atoms with van der Waals surface area (Å²) in [6.07, 6.45) is 5.37. The number of guanidine groups is 1. The molecule has 0 spiro atoms. The standard InChI is InChI=1S/C27H37N5O.HI/c1-28-27(29-15-7-10-26(33)32-20-24-8-3-4-9-25(24)21-32)30-18-22-11-13-23(14-12-22)19-31-16-5-2-6-17-31;/h3-4,8-9,11-14H,2,5-7,10,15-21H2,1H3,(H2,28,29,30);1H. The molecule has 2 heterocycles. The van der Waals surface area contributed by atoms with Gasteiger partial charge >= 0.3 is 0 Å². The van der Waals surface area contributed by atoms with Crippen LogP contribution in [0.1, 0.15) is 54.4 Å². The predicted octanol–water partition coefficient (Wildman–Crippen LogP) is 4.28. The molecule has 184 valence electrons. The van der Waals surface area contributed by atoms with E-state index in [1.807, 2.05) is 17.0 Å². The fourth-order valence-electron chi connectivity index (χ4n) is 4.66. The topological polar surface area (TPSA) is 60.0 Å². The molecule has 0 saturated carbocycles. The first-order valence-corrected chi connectivity index (χ1v) is 12.3. The average Bonchev–Trinajstić information content (AvgIpc) is 3.30. The lowest BCUT2D eigenvalue weighted by molar-refractivity contribution is -0.131. The van der Waals surface area contributed by atoms with Gasteiger partial charge in [-0.25, -0.2) is 0 Å². The summed E-state index contributed by atoms with van der Waals surface area (Å²) >= 11 is 0. The summed E-state index contributed by atoms with van der Waals surface area (Å²) in [4.78, 5) is 21.4. The normalized spacial score (nSPS) is 16.0. The number of aliphatic imine (C=N–C) groups is 1. The number of halogens is 1. The molecule has 6 nitrogen and oxygen atoms in total. The first-order chi connectivity index (χ1) is 16.2. The van der Waals surface area contributed by atoms with Crippen LogP contribution in [0.3, 0.4) is 0 Å². The summed E-state index contributed by atoms with van der Waals surface area (Å²) in [5, 5.41) is 6.70. The minimum Gasteiger partial charge on any atom is -0.356 e. The van der Waals surface area contributed by atoms with Crippen LogP contribution in [0.15, 0.2) is 53.5 Å². The van der Waals surface area contributed by atoms with E-state index in [1.165, 1.54) is 54.6 Å². The summed E-state index contributed by atoms with van der Waals surface area (Å²) in [6.45, 7) is 6.44. The molecule has 4 rings (SSSR count). The highest BCUT2D eigenvalue weighted by molar-refractivity contribution is 14.0. The van der Waals surface area contributed by atoms with Crippen molar-refractivity contribution in [3.8, 4) is 0 Å². The van der Waals surface area contributed by atoms with Crippen molar-refractivity contribution < 1.29 is 4.79 Å². The molecule has 1 amide bonds. The van der Waals surface area contributed by atoms with Gasteiger partial charge in [0.1, 0.15) is 0 Å². The molecule has 34 heavy (non-hydrogen) atoms. The lowest BCUT2D eigenvalue weighted by atomic mass is 10.1. The zero-order valence-corrected chi connectivity index (χ0v) is 22.6. The molecular weight excluding hydrogens is 537 g/mol. The highest BCUT2D eigenvalue weighted by Gasteiger charge is 2.22. The van der Waals surface area contributed by atoms with Crippen molar-refractivity contribution in [1.82, 2.24) is 20.4 Å². The Kier molecular flexibility index (Phi) is 10.7. The summed E-state index contributed by atoms with van der Waals surface area (Å²) in [7, 11) is 1.78. The second-order valence-corrected chi connectivity index (χ2v) is 9.13. The van der Waals surface area contributed by atoms with E-state index in [9.17, 15) is 4.79 Å². The van der Waals surface area contributed by atoms with Gasteiger partial charge < -0.3 is 15.5 Å². The molecule has 0 unspecified atom stereocenters. The molecule has 2 aromatic carbocycles. The molecule has 2 aliphatic rings. The average molecular weight is 576 g/mol. The number of carbonyl (C=O) groups excluding carboxylic acids is 1. The monoisotopic (exact) mass is 575 g/mol. The molecule has 7 heteroatoms. The van der Waals surface area contributed by atoms with Crippen LogP contribution in [0.5, 0.6) is 0 Å². The van der Waals surface area contributed by atoms with Crippen molar-refractivity contribution in [2.45, 2.75) is 58.3 Å². The summed E-state index contributed by atoms with van der Waals surface area (Å²) in [6, 6.07) is 17.2. The maximum Gasteiger partial charge on any atom is 0.223 e. The third kappa shape index (κ3) is 7.70. The van der Waals surface area contributed by atoms with E-state index in [0.29, 0.717) is 6.42 Å². The minimum atomic E-state index is 0. The van der Waals surface area contributed by atoms with Gasteiger partial charge in [0.2, 0.25) is 5.91 Å². The minimum absolute atomic E-state index is 0. The van der Waals surface area contributed by atoms with Crippen LogP contribution in [-0.4, -0.2) is 48.3 Å². The van der Waals surface area contributed by atoms with Crippen LogP contribution in [0.2, 0.25) is 0 Å². The number of fused-ring (bicyclic) bond motifs is 1. The number of likely N-dealkylation sites (tertiary alicyclic amines) is 1. The van der Waals surface area contributed by atoms with Crippen LogP contribution in [0, 0.1) is 0 Å². The van der Waals surface area contributed by atoms with Crippen molar-refractivity contribution >= 4 is 35.8 Å². The Labute approximate surface area is 221 Å². The molecule has 0 bridgehead atoms. The maximum absolute atomic E-state index is 12.5. The Morgan fingerprint density at radius 3 is 2.21 bits per heavy atom. The van der Waals surface area contributed by atoms with E-state index in [2.05, 4.69) is 56.9 Å². The fraction of sp³-hybridized carbons (Fsp3) is 0.481. The van der Waals surface area contributed by atoms with E-state index in [4.69, 9.17) is 0 Å². The predicted molar refractivity (Wildman–Crippen MR) is 149 cm³/mol. The number of nitrogens with zero attached hydrogens (tertiary/aromatic N) is 3. The van der Waals surface area contributed by atoms with Crippen LogP contribution < -0.4 is 10.6 Å². The summed E-state index contributed by atoms with van der Waals surface area (Å²) in [5.41, 5.74) is 5.17. The van der Waals surface area contributed by atoms with Crippen molar-refractivity contribution in [2.24, 2.45) is 4.99 Å². The van der Waals surface area contributed by atoms with Gasteiger partial charge in [-0.2, -0.15) is 0 Å². The number of nitrogens with one attached hydrogen (secondary N) is 2. The van der Waals surface area contributed by atoms with Gasteiger partial charge in [0, 0.05) is 46.2 Å². The molecule has 2 aromatic rings. The Morgan fingerprint density at radius 2 is 1.56 bits per heavy atom. The Balaban J connectivity index is 0.00000324. The molecule has 2 aliphatic heterocycles. The number of rotatable bonds is 8. The summed E-state index contributed by atoms with van der Waals surface area (Å²) in [5.74, 6) is 0.994. The lowest BCUT2D eigenvalue weighted by Gasteiger charge is -2.26. The zero-order valence-electron chi connectivity index (χ0n) is 20.3. The molecule has 1 saturated heterocycles. The Morgan fingerprint density at radius 1 is 0.912 bits per heavy atom. The zero-order chi connectivity index (χ0) is 22.9. The molecular formula is C27H38IN5O. The lowest BCUT2D eigenvalue weighted by Crippen LogP contribution is -2.37. The van der Waals surface area contributed by atoms with Gasteiger partial charge in [-0.15, -0.1) is 24.0 Å². The molecule has 0 aliphatic carbocycles. The van der Waals surface area contributed by atoms with E-state index in [1.54, 1.807) is 7.05 Å². The summed E-state index contributed by atoms with van der Waals surface area (Å²) < 4.78 is 0. The first-order valence-electron chi connectivity index (χ1n) is 12.3. The fourth-order valence-corrected chi connectivity index (χ4v) is 4.66. The Hall–Kier alpha value is -2.13. The largest absolute Gasteiger partial charge is 0.356 e. The SMILES string of the molecule is CN=C(NCCCC(=O)N1Cc2ccccc2C1)NCc1ccc(CN2CCCCC2)cc1.I. The number of carbonyl (C=O) groups is 1. The molecule has 2 N–H and O–H groups in total. The molecule has 0 radical (unpaired) electrons. The number of hydrogen-bond acceptors (Lipinski definition) is 3. The van der Waals surface area contributed by atoms with Gasteiger partial charge in [-0.3, -0.25) is 14.7 Å². The maximum atomic E-state index is 12.5. The number of benzene rings is 2. The van der Waals surface area contributed by atoms with Crippen LogP contribution in [-0.2, 0) is 31.0 Å². The third-order valence-corrected chi connectivity index (χ3v) is 6.61. The van der Waals surface area contributed by atoms with Crippen molar-refractivity contribution in [3.05, 3.63) is 70.8 Å². The molecule has 0 aromatic heterocycles.